The van der Waals surface area contributed by atoms with Gasteiger partial charge in [0.25, 0.3) is 0 Å². The third kappa shape index (κ3) is 3.44. The third-order valence-electron chi connectivity index (χ3n) is 2.74. The molecule has 16 heavy (non-hydrogen) atoms. The number of alkyl halides is 1. The number of nitrogens with zero attached hydrogens (tertiary/aromatic N) is 1. The van der Waals surface area contributed by atoms with E-state index in [-0.39, 0.29) is 5.82 Å². The lowest BCUT2D eigenvalue weighted by Crippen LogP contribution is -2.27. The van der Waals surface area contributed by atoms with Gasteiger partial charge in [0, 0.05) is 29.5 Å². The maximum Gasteiger partial charge on any atom is 0.124 e. The van der Waals surface area contributed by atoms with E-state index >= 15 is 0 Å². The minimum atomic E-state index is -0.189. The van der Waals surface area contributed by atoms with Crippen LogP contribution in [0.3, 0.4) is 0 Å². The van der Waals surface area contributed by atoms with Crippen LogP contribution in [-0.2, 0) is 6.54 Å². The van der Waals surface area contributed by atoms with Crippen molar-refractivity contribution >= 4 is 27.5 Å². The van der Waals surface area contributed by atoms with Gasteiger partial charge in [-0.1, -0.05) is 15.9 Å². The Bertz CT molecular complexity index is 348. The number of halogens is 3. The summed E-state index contributed by atoms with van der Waals surface area (Å²) >= 11 is 9.08. The fourth-order valence-corrected chi connectivity index (χ4v) is 2.61. The van der Waals surface area contributed by atoms with E-state index in [0.717, 1.165) is 23.1 Å². The molecule has 0 saturated heterocycles. The molecule has 2 rings (SSSR count). The molecule has 0 spiro atoms. The second kappa shape index (κ2) is 5.48. The highest BCUT2D eigenvalue weighted by Gasteiger charge is 2.28. The lowest BCUT2D eigenvalue weighted by molar-refractivity contribution is 0.270. The van der Waals surface area contributed by atoms with Crippen molar-refractivity contribution in [1.29, 1.82) is 0 Å². The average molecular weight is 307 g/mol. The summed E-state index contributed by atoms with van der Waals surface area (Å²) in [6.45, 7) is 1.66. The van der Waals surface area contributed by atoms with Gasteiger partial charge in [0.1, 0.15) is 5.82 Å². The largest absolute Gasteiger partial charge is 0.295 e. The van der Waals surface area contributed by atoms with Gasteiger partial charge in [0.2, 0.25) is 0 Å². The number of benzene rings is 1. The van der Waals surface area contributed by atoms with Crippen molar-refractivity contribution in [2.24, 2.45) is 0 Å². The molecular weight excluding hydrogens is 292 g/mol. The zero-order valence-electron chi connectivity index (χ0n) is 8.93. The highest BCUT2D eigenvalue weighted by atomic mass is 79.9. The molecular formula is C12H14BrClFN. The van der Waals surface area contributed by atoms with E-state index in [1.165, 1.54) is 18.9 Å². The van der Waals surface area contributed by atoms with Gasteiger partial charge in [-0.2, -0.15) is 0 Å². The lowest BCUT2D eigenvalue weighted by atomic mass is 10.2. The van der Waals surface area contributed by atoms with Gasteiger partial charge < -0.3 is 0 Å². The fourth-order valence-electron chi connectivity index (χ4n) is 1.88. The maximum absolute atomic E-state index is 13.2. The molecule has 88 valence electrons. The lowest BCUT2D eigenvalue weighted by Gasteiger charge is -2.20. The van der Waals surface area contributed by atoms with E-state index in [4.69, 9.17) is 11.6 Å². The maximum atomic E-state index is 13.2. The van der Waals surface area contributed by atoms with Crippen LogP contribution in [0.1, 0.15) is 18.4 Å². The summed E-state index contributed by atoms with van der Waals surface area (Å²) in [5.74, 6) is 0.443. The van der Waals surface area contributed by atoms with Crippen molar-refractivity contribution in [2.75, 3.05) is 12.4 Å². The molecule has 0 aromatic heterocycles. The fraction of sp³-hybridized carbons (Fsp3) is 0.500. The van der Waals surface area contributed by atoms with Crippen molar-refractivity contribution in [3.8, 4) is 0 Å². The highest BCUT2D eigenvalue weighted by molar-refractivity contribution is 9.10. The summed E-state index contributed by atoms with van der Waals surface area (Å²) in [6, 6.07) is 5.69. The van der Waals surface area contributed by atoms with Crippen LogP contribution in [0.4, 0.5) is 4.39 Å². The quantitative estimate of drug-likeness (QED) is 0.748. The van der Waals surface area contributed by atoms with Crippen LogP contribution in [0.15, 0.2) is 22.7 Å². The van der Waals surface area contributed by atoms with Crippen molar-refractivity contribution in [2.45, 2.75) is 25.4 Å². The Labute approximate surface area is 109 Å². The van der Waals surface area contributed by atoms with Gasteiger partial charge in [-0.25, -0.2) is 4.39 Å². The number of hydrogen-bond donors (Lipinski definition) is 0. The molecule has 0 atom stereocenters. The van der Waals surface area contributed by atoms with Crippen LogP contribution in [0, 0.1) is 5.82 Å². The van der Waals surface area contributed by atoms with Crippen LogP contribution >= 0.6 is 27.5 Å². The minimum absolute atomic E-state index is 0.189. The molecule has 0 radical (unpaired) electrons. The first-order valence-corrected chi connectivity index (χ1v) is 6.77. The van der Waals surface area contributed by atoms with Crippen molar-refractivity contribution < 1.29 is 4.39 Å². The summed E-state index contributed by atoms with van der Waals surface area (Å²) in [4.78, 5) is 2.33. The topological polar surface area (TPSA) is 3.24 Å². The molecule has 1 aliphatic rings. The summed E-state index contributed by atoms with van der Waals surface area (Å²) < 4.78 is 14.0. The van der Waals surface area contributed by atoms with Gasteiger partial charge in [-0.05, 0) is 36.6 Å². The van der Waals surface area contributed by atoms with Crippen LogP contribution in [0.5, 0.6) is 0 Å². The first-order valence-electron chi connectivity index (χ1n) is 5.44. The molecule has 1 fully saturated rings. The molecule has 1 aromatic carbocycles. The standard InChI is InChI=1S/C12H14BrClFN/c13-10-5-9(6-11(15)7-10)8-16(4-3-14)12-1-2-12/h5-7,12H,1-4,8H2. The first-order chi connectivity index (χ1) is 7.69. The predicted octanol–water partition coefficient (Wildman–Crippen LogP) is 3.79. The molecule has 0 N–H and O–H groups in total. The summed E-state index contributed by atoms with van der Waals surface area (Å²) in [7, 11) is 0. The molecule has 0 heterocycles. The average Bonchev–Trinajstić information content (AvgIpc) is 2.98. The van der Waals surface area contributed by atoms with E-state index in [0.29, 0.717) is 11.9 Å². The van der Waals surface area contributed by atoms with Crippen LogP contribution < -0.4 is 0 Å². The van der Waals surface area contributed by atoms with Gasteiger partial charge in [-0.3, -0.25) is 4.90 Å². The Kier molecular flexibility index (Phi) is 4.22. The van der Waals surface area contributed by atoms with E-state index in [1.54, 1.807) is 6.07 Å². The Balaban J connectivity index is 2.05. The monoisotopic (exact) mass is 305 g/mol. The van der Waals surface area contributed by atoms with Crippen molar-refractivity contribution in [3.05, 3.63) is 34.1 Å². The Hall–Kier alpha value is -0.120. The van der Waals surface area contributed by atoms with Crippen LogP contribution in [0.25, 0.3) is 0 Å². The molecule has 1 saturated carbocycles. The van der Waals surface area contributed by atoms with Gasteiger partial charge in [-0.15, -0.1) is 11.6 Å². The molecule has 1 aliphatic carbocycles. The third-order valence-corrected chi connectivity index (χ3v) is 3.37. The molecule has 0 bridgehead atoms. The number of hydrogen-bond acceptors (Lipinski definition) is 1. The van der Waals surface area contributed by atoms with E-state index in [9.17, 15) is 4.39 Å². The highest BCUT2D eigenvalue weighted by Crippen LogP contribution is 2.28. The number of rotatable bonds is 5. The molecule has 0 aliphatic heterocycles. The zero-order valence-corrected chi connectivity index (χ0v) is 11.3. The molecule has 4 heteroatoms. The van der Waals surface area contributed by atoms with Crippen molar-refractivity contribution in [1.82, 2.24) is 4.90 Å². The van der Waals surface area contributed by atoms with E-state index < -0.39 is 0 Å². The van der Waals surface area contributed by atoms with E-state index in [2.05, 4.69) is 20.8 Å². The summed E-state index contributed by atoms with van der Waals surface area (Å²) in [5, 5.41) is 0. The molecule has 0 unspecified atom stereocenters. The Morgan fingerprint density at radius 1 is 1.38 bits per heavy atom. The summed E-state index contributed by atoms with van der Waals surface area (Å²) in [6.07, 6.45) is 2.49. The van der Waals surface area contributed by atoms with Gasteiger partial charge in [0.05, 0.1) is 0 Å². The minimum Gasteiger partial charge on any atom is -0.295 e. The van der Waals surface area contributed by atoms with Crippen LogP contribution in [-0.4, -0.2) is 23.4 Å². The molecule has 1 nitrogen and oxygen atoms in total. The zero-order chi connectivity index (χ0) is 11.5. The predicted molar refractivity (Wildman–Crippen MR) is 68.3 cm³/mol. The summed E-state index contributed by atoms with van der Waals surface area (Å²) in [5.41, 5.74) is 1.00. The second-order valence-corrected chi connectivity index (χ2v) is 5.46. The smallest absolute Gasteiger partial charge is 0.124 e. The SMILES string of the molecule is Fc1cc(Br)cc(CN(CCCl)C2CC2)c1. The molecule has 1 aromatic rings. The van der Waals surface area contributed by atoms with Crippen molar-refractivity contribution in [3.63, 3.8) is 0 Å². The first kappa shape index (κ1) is 12.3. The van der Waals surface area contributed by atoms with Crippen LogP contribution in [0.2, 0.25) is 0 Å². The second-order valence-electron chi connectivity index (χ2n) is 4.17. The molecule has 0 amide bonds. The normalized spacial score (nSPS) is 15.8. The van der Waals surface area contributed by atoms with Gasteiger partial charge >= 0.3 is 0 Å². The van der Waals surface area contributed by atoms with E-state index in [1.807, 2.05) is 6.07 Å². The van der Waals surface area contributed by atoms with Gasteiger partial charge in [0.15, 0.2) is 0 Å². The Morgan fingerprint density at radius 3 is 2.69 bits per heavy atom. The Morgan fingerprint density at radius 2 is 2.12 bits per heavy atom.